The zero-order valence-electron chi connectivity index (χ0n) is 20.3. The molecule has 2 saturated heterocycles. The Balaban J connectivity index is 0.00000216. The first-order valence-corrected chi connectivity index (χ1v) is 12.9. The van der Waals surface area contributed by atoms with Crippen molar-refractivity contribution in [3.63, 3.8) is 0 Å². The summed E-state index contributed by atoms with van der Waals surface area (Å²) in [5, 5.41) is 11.1. The van der Waals surface area contributed by atoms with E-state index in [0.717, 1.165) is 37.9 Å². The van der Waals surface area contributed by atoms with Crippen LogP contribution < -0.4 is 0 Å². The van der Waals surface area contributed by atoms with Crippen LogP contribution in [0.25, 0.3) is 0 Å². The molecule has 4 aliphatic carbocycles. The Kier molecular flexibility index (Phi) is 6.20. The van der Waals surface area contributed by atoms with Crippen molar-refractivity contribution in [2.45, 2.75) is 97.1 Å². The van der Waals surface area contributed by atoms with Crippen LogP contribution in [0.4, 0.5) is 0 Å². The first kappa shape index (κ1) is 24.4. The van der Waals surface area contributed by atoms with Gasteiger partial charge in [-0.3, -0.25) is 4.79 Å². The molecular formula is C27H40AcO4. The number of hydrogen-bond acceptors (Lipinski definition) is 4. The maximum atomic E-state index is 12.1. The Morgan fingerprint density at radius 1 is 1.06 bits per heavy atom. The number of ketones is 1. The van der Waals surface area contributed by atoms with Gasteiger partial charge in [0.15, 0.2) is 11.6 Å². The molecule has 1 spiro atoms. The van der Waals surface area contributed by atoms with Gasteiger partial charge in [-0.05, 0) is 90.6 Å². The van der Waals surface area contributed by atoms with E-state index in [1.54, 1.807) is 6.08 Å². The molecule has 0 aromatic carbocycles. The van der Waals surface area contributed by atoms with Crippen molar-refractivity contribution in [3.8, 4) is 0 Å². The van der Waals surface area contributed by atoms with Crippen LogP contribution in [0.1, 0.15) is 79.1 Å². The minimum Gasteiger partial charge on any atom is -0.389 e. The molecule has 32 heavy (non-hydrogen) atoms. The number of ether oxygens (including phenoxy) is 2. The molecule has 11 atom stereocenters. The molecule has 5 heteroatoms. The molecular weight excluding hydrogens is 615 g/mol. The van der Waals surface area contributed by atoms with E-state index < -0.39 is 6.10 Å². The van der Waals surface area contributed by atoms with E-state index in [1.165, 1.54) is 19.3 Å². The summed E-state index contributed by atoms with van der Waals surface area (Å²) in [7, 11) is 0. The third kappa shape index (κ3) is 3.23. The number of aliphatic hydroxyl groups excluding tert-OH is 1. The summed E-state index contributed by atoms with van der Waals surface area (Å²) in [6.07, 6.45) is 9.84. The van der Waals surface area contributed by atoms with Gasteiger partial charge in [0, 0.05) is 62.8 Å². The minimum absolute atomic E-state index is 0. The molecule has 0 bridgehead atoms. The maximum absolute atomic E-state index is 12.1. The SMILES string of the molecule is CC1CCC2(OC1)O[C@H]1CC3C4C[C@@H](O)C5=CC(=O)CC[C@]5(C)C4CC[C@]3(C)C1[C@@H]2C.[Ac]. The van der Waals surface area contributed by atoms with Gasteiger partial charge in [0.05, 0.1) is 18.8 Å². The molecule has 0 amide bonds. The van der Waals surface area contributed by atoms with Gasteiger partial charge in [-0.15, -0.1) is 0 Å². The first-order valence-electron chi connectivity index (χ1n) is 12.9. The largest absolute Gasteiger partial charge is 0.389 e. The molecule has 5 fully saturated rings. The van der Waals surface area contributed by atoms with E-state index in [2.05, 4.69) is 27.7 Å². The fraction of sp³-hybridized carbons (Fsp3) is 0.889. The standard InChI is InChI=1S/C27H40O4.Ac/c1-15-5-10-27(30-14-15)16(2)24-23(31-27)13-20-18-12-22(29)21-11-17(28)6-8-25(21,3)19(18)7-9-26(20,24)4;/h11,15-16,18-20,22-24,29H,5-10,12-14H2,1-4H3;/t15?,16-,18?,19?,20?,22+,23-,24?,25+,26-,27?;/m0./s1. The number of aliphatic hydroxyl groups is 1. The zero-order valence-corrected chi connectivity index (χ0v) is 25.1. The van der Waals surface area contributed by atoms with E-state index in [9.17, 15) is 9.90 Å². The van der Waals surface area contributed by atoms with Crippen LogP contribution in [0, 0.1) is 90.4 Å². The van der Waals surface area contributed by atoms with Gasteiger partial charge in [0.1, 0.15) is 0 Å². The Morgan fingerprint density at radius 3 is 2.56 bits per heavy atom. The number of hydrogen-bond donors (Lipinski definition) is 1. The van der Waals surface area contributed by atoms with Crippen LogP contribution in [0.3, 0.4) is 0 Å². The van der Waals surface area contributed by atoms with Crippen LogP contribution in [0.5, 0.6) is 0 Å². The van der Waals surface area contributed by atoms with Crippen molar-refractivity contribution in [3.05, 3.63) is 11.6 Å². The van der Waals surface area contributed by atoms with Crippen molar-refractivity contribution >= 4 is 5.78 Å². The van der Waals surface area contributed by atoms with Gasteiger partial charge < -0.3 is 14.6 Å². The second-order valence-electron chi connectivity index (χ2n) is 12.6. The zero-order chi connectivity index (χ0) is 21.8. The van der Waals surface area contributed by atoms with Crippen LogP contribution >= 0.6 is 0 Å². The van der Waals surface area contributed by atoms with Crippen molar-refractivity contribution in [1.82, 2.24) is 0 Å². The molecule has 0 aromatic heterocycles. The molecule has 4 nitrogen and oxygen atoms in total. The molecule has 1 radical (unpaired) electrons. The molecule has 1 N–H and O–H groups in total. The fourth-order valence-corrected chi connectivity index (χ4v) is 9.62. The quantitative estimate of drug-likeness (QED) is 0.404. The number of fused-ring (bicyclic) bond motifs is 7. The average Bonchev–Trinajstić information content (AvgIpc) is 3.17. The van der Waals surface area contributed by atoms with Gasteiger partial charge in [-0.25, -0.2) is 0 Å². The van der Waals surface area contributed by atoms with E-state index in [1.807, 2.05) is 0 Å². The number of carbonyl (C=O) groups excluding carboxylic acids is 1. The minimum atomic E-state index is -0.453. The van der Waals surface area contributed by atoms with E-state index in [0.29, 0.717) is 48.0 Å². The van der Waals surface area contributed by atoms with Crippen LogP contribution in [-0.2, 0) is 14.3 Å². The Bertz CT molecular complexity index is 816. The third-order valence-corrected chi connectivity index (χ3v) is 11.2. The van der Waals surface area contributed by atoms with E-state index >= 15 is 0 Å². The van der Waals surface area contributed by atoms with Gasteiger partial charge in [0.25, 0.3) is 0 Å². The summed E-state index contributed by atoms with van der Waals surface area (Å²) in [5.74, 6) is 3.20. The fourth-order valence-electron chi connectivity index (χ4n) is 9.62. The first-order chi connectivity index (χ1) is 14.7. The summed E-state index contributed by atoms with van der Waals surface area (Å²) < 4.78 is 13.3. The third-order valence-electron chi connectivity index (χ3n) is 11.2. The molecule has 6 unspecified atom stereocenters. The van der Waals surface area contributed by atoms with Crippen molar-refractivity contribution in [2.24, 2.45) is 46.3 Å². The molecule has 2 heterocycles. The Hall–Kier alpha value is 0.732. The van der Waals surface area contributed by atoms with Gasteiger partial charge in [-0.1, -0.05) is 27.7 Å². The predicted molar refractivity (Wildman–Crippen MR) is 118 cm³/mol. The maximum Gasteiger partial charge on any atom is 0.171 e. The van der Waals surface area contributed by atoms with Crippen LogP contribution in [0.2, 0.25) is 0 Å². The monoisotopic (exact) mass is 655 g/mol. The summed E-state index contributed by atoms with van der Waals surface area (Å²) in [4.78, 5) is 12.1. The summed E-state index contributed by atoms with van der Waals surface area (Å²) >= 11 is 0. The predicted octanol–water partition coefficient (Wildman–Crippen LogP) is 4.89. The number of carbonyl (C=O) groups is 1. The van der Waals surface area contributed by atoms with Crippen molar-refractivity contribution < 1.29 is 63.4 Å². The molecule has 175 valence electrons. The topological polar surface area (TPSA) is 55.8 Å². The number of rotatable bonds is 0. The van der Waals surface area contributed by atoms with Gasteiger partial charge >= 0.3 is 0 Å². The van der Waals surface area contributed by atoms with Crippen LogP contribution in [0.15, 0.2) is 11.6 Å². The summed E-state index contributed by atoms with van der Waals surface area (Å²) in [5.41, 5.74) is 1.30. The van der Waals surface area contributed by atoms with Gasteiger partial charge in [-0.2, -0.15) is 0 Å². The second-order valence-corrected chi connectivity index (χ2v) is 12.6. The normalized spacial score (nSPS) is 56.5. The average molecular weight is 656 g/mol. The van der Waals surface area contributed by atoms with Crippen molar-refractivity contribution in [2.75, 3.05) is 6.61 Å². The Morgan fingerprint density at radius 2 is 1.84 bits per heavy atom. The van der Waals surface area contributed by atoms with Crippen LogP contribution in [-0.4, -0.2) is 35.5 Å². The van der Waals surface area contributed by atoms with E-state index in [4.69, 9.17) is 9.47 Å². The second kappa shape index (κ2) is 8.13. The molecule has 0 aromatic rings. The van der Waals surface area contributed by atoms with Crippen molar-refractivity contribution in [1.29, 1.82) is 0 Å². The van der Waals surface area contributed by atoms with Gasteiger partial charge in [0.2, 0.25) is 0 Å². The summed E-state index contributed by atoms with van der Waals surface area (Å²) in [6, 6.07) is 0. The molecule has 6 rings (SSSR count). The smallest absolute Gasteiger partial charge is 0.171 e. The summed E-state index contributed by atoms with van der Waals surface area (Å²) in [6.45, 7) is 10.4. The molecule has 2 aliphatic heterocycles. The molecule has 3 saturated carbocycles. The van der Waals surface area contributed by atoms with E-state index in [-0.39, 0.29) is 66.5 Å². The molecule has 6 aliphatic rings. The Labute approximate surface area is 229 Å².